The molecule has 1 fully saturated rings. The standard InChI is InChI=1S/C14H16O4/c15-12(16)11-8-4-5-9-14(11,13(17)18)10-6-2-1-3-7-10/h1-3,6-7,11H,4-5,8-9H2,(H,15,16)(H,17,18). The van der Waals surface area contributed by atoms with Gasteiger partial charge >= 0.3 is 11.9 Å². The van der Waals surface area contributed by atoms with Gasteiger partial charge in [0.1, 0.15) is 5.41 Å². The highest BCUT2D eigenvalue weighted by atomic mass is 16.4. The van der Waals surface area contributed by atoms with E-state index in [0.29, 0.717) is 18.4 Å². The van der Waals surface area contributed by atoms with Gasteiger partial charge < -0.3 is 10.2 Å². The number of carbonyl (C=O) groups is 2. The van der Waals surface area contributed by atoms with Crippen LogP contribution < -0.4 is 0 Å². The second-order valence-electron chi connectivity index (χ2n) is 4.78. The minimum atomic E-state index is -1.27. The minimum Gasteiger partial charge on any atom is -0.481 e. The monoisotopic (exact) mass is 248 g/mol. The van der Waals surface area contributed by atoms with Crippen LogP contribution in [0.5, 0.6) is 0 Å². The summed E-state index contributed by atoms with van der Waals surface area (Å²) in [7, 11) is 0. The fourth-order valence-corrected chi connectivity index (χ4v) is 2.97. The molecule has 4 nitrogen and oxygen atoms in total. The van der Waals surface area contributed by atoms with Crippen LogP contribution in [-0.2, 0) is 15.0 Å². The normalized spacial score (nSPS) is 27.7. The van der Waals surface area contributed by atoms with Gasteiger partial charge in [-0.15, -0.1) is 0 Å². The first-order valence-corrected chi connectivity index (χ1v) is 6.11. The summed E-state index contributed by atoms with van der Waals surface area (Å²) in [4.78, 5) is 23.1. The maximum absolute atomic E-state index is 11.7. The van der Waals surface area contributed by atoms with Crippen LogP contribution in [0.1, 0.15) is 31.2 Å². The van der Waals surface area contributed by atoms with Crippen LogP contribution in [0.2, 0.25) is 0 Å². The third-order valence-corrected chi connectivity index (χ3v) is 3.88. The molecule has 96 valence electrons. The number of carboxylic acids is 2. The van der Waals surface area contributed by atoms with E-state index in [4.69, 9.17) is 0 Å². The molecule has 0 bridgehead atoms. The van der Waals surface area contributed by atoms with Gasteiger partial charge in [0.05, 0.1) is 5.92 Å². The maximum atomic E-state index is 11.7. The van der Waals surface area contributed by atoms with Crippen molar-refractivity contribution < 1.29 is 19.8 Å². The molecule has 18 heavy (non-hydrogen) atoms. The van der Waals surface area contributed by atoms with E-state index < -0.39 is 23.3 Å². The third kappa shape index (κ3) is 1.88. The van der Waals surface area contributed by atoms with Crippen molar-refractivity contribution in [3.05, 3.63) is 35.9 Å². The summed E-state index contributed by atoms with van der Waals surface area (Å²) in [5, 5.41) is 18.9. The smallest absolute Gasteiger partial charge is 0.315 e. The van der Waals surface area contributed by atoms with E-state index in [2.05, 4.69) is 0 Å². The van der Waals surface area contributed by atoms with Gasteiger partial charge in [-0.05, 0) is 18.4 Å². The largest absolute Gasteiger partial charge is 0.481 e. The van der Waals surface area contributed by atoms with Crippen molar-refractivity contribution in [1.29, 1.82) is 0 Å². The molecule has 0 amide bonds. The SMILES string of the molecule is O=C(O)C1CCCCC1(C(=O)O)c1ccccc1. The zero-order valence-electron chi connectivity index (χ0n) is 10.0. The van der Waals surface area contributed by atoms with Gasteiger partial charge in [0.25, 0.3) is 0 Å². The molecule has 2 unspecified atom stereocenters. The Kier molecular flexibility index (Phi) is 3.36. The van der Waals surface area contributed by atoms with Crippen LogP contribution >= 0.6 is 0 Å². The molecule has 0 radical (unpaired) electrons. The lowest BCUT2D eigenvalue weighted by molar-refractivity contribution is -0.158. The highest BCUT2D eigenvalue weighted by Crippen LogP contribution is 2.44. The molecule has 2 N–H and O–H groups in total. The molecular formula is C14H16O4. The first-order valence-electron chi connectivity index (χ1n) is 6.11. The van der Waals surface area contributed by atoms with Crippen LogP contribution in [0.4, 0.5) is 0 Å². The maximum Gasteiger partial charge on any atom is 0.315 e. The second-order valence-corrected chi connectivity index (χ2v) is 4.78. The van der Waals surface area contributed by atoms with Crippen LogP contribution in [0.3, 0.4) is 0 Å². The average molecular weight is 248 g/mol. The van der Waals surface area contributed by atoms with E-state index in [1.54, 1.807) is 30.3 Å². The molecule has 1 aliphatic carbocycles. The Morgan fingerprint density at radius 3 is 2.33 bits per heavy atom. The Bertz CT molecular complexity index is 454. The van der Waals surface area contributed by atoms with Gasteiger partial charge in [-0.2, -0.15) is 0 Å². The van der Waals surface area contributed by atoms with Crippen LogP contribution in [0.15, 0.2) is 30.3 Å². The quantitative estimate of drug-likeness (QED) is 0.860. The lowest BCUT2D eigenvalue weighted by Crippen LogP contribution is -2.48. The number of hydrogen-bond acceptors (Lipinski definition) is 2. The molecule has 1 aromatic carbocycles. The number of rotatable bonds is 3. The average Bonchev–Trinajstić information content (AvgIpc) is 2.39. The Hall–Kier alpha value is -1.84. The zero-order valence-corrected chi connectivity index (χ0v) is 10.0. The first kappa shape index (κ1) is 12.6. The van der Waals surface area contributed by atoms with E-state index in [0.717, 1.165) is 12.8 Å². The Morgan fingerprint density at radius 2 is 1.78 bits per heavy atom. The van der Waals surface area contributed by atoms with Crippen molar-refractivity contribution in [2.45, 2.75) is 31.1 Å². The lowest BCUT2D eigenvalue weighted by atomic mass is 9.62. The van der Waals surface area contributed by atoms with E-state index in [1.807, 2.05) is 0 Å². The lowest BCUT2D eigenvalue weighted by Gasteiger charge is -2.38. The summed E-state index contributed by atoms with van der Waals surface area (Å²) in [6.45, 7) is 0. The summed E-state index contributed by atoms with van der Waals surface area (Å²) in [6, 6.07) is 8.75. The van der Waals surface area contributed by atoms with Gasteiger partial charge in [0.2, 0.25) is 0 Å². The van der Waals surface area contributed by atoms with Gasteiger partial charge in [-0.1, -0.05) is 43.2 Å². The number of aliphatic carboxylic acids is 2. The summed E-state index contributed by atoms with van der Waals surface area (Å²) < 4.78 is 0. The van der Waals surface area contributed by atoms with Gasteiger partial charge in [0.15, 0.2) is 0 Å². The summed E-state index contributed by atoms with van der Waals surface area (Å²) in [5.74, 6) is -2.88. The van der Waals surface area contributed by atoms with Crippen molar-refractivity contribution in [3.8, 4) is 0 Å². The Labute approximate surface area is 105 Å². The predicted octanol–water partition coefficient (Wildman–Crippen LogP) is 2.28. The number of benzene rings is 1. The van der Waals surface area contributed by atoms with Crippen molar-refractivity contribution in [3.63, 3.8) is 0 Å². The van der Waals surface area contributed by atoms with Crippen LogP contribution in [0.25, 0.3) is 0 Å². The molecule has 0 spiro atoms. The third-order valence-electron chi connectivity index (χ3n) is 3.88. The van der Waals surface area contributed by atoms with Gasteiger partial charge in [-0.25, -0.2) is 0 Å². The Balaban J connectivity index is 2.54. The zero-order chi connectivity index (χ0) is 13.2. The fraction of sp³-hybridized carbons (Fsp3) is 0.429. The van der Waals surface area contributed by atoms with E-state index in [-0.39, 0.29) is 0 Å². The molecule has 2 atom stereocenters. The van der Waals surface area contributed by atoms with Gasteiger partial charge in [0, 0.05) is 0 Å². The molecule has 0 aliphatic heterocycles. The molecule has 1 aliphatic rings. The molecule has 1 saturated carbocycles. The summed E-state index contributed by atoms with van der Waals surface area (Å²) in [5.41, 5.74) is -0.671. The number of hydrogen-bond donors (Lipinski definition) is 2. The molecule has 2 rings (SSSR count). The Morgan fingerprint density at radius 1 is 1.11 bits per heavy atom. The molecule has 4 heteroatoms. The molecular weight excluding hydrogens is 232 g/mol. The van der Waals surface area contributed by atoms with Gasteiger partial charge in [-0.3, -0.25) is 9.59 Å². The number of carboxylic acid groups (broad SMARTS) is 2. The van der Waals surface area contributed by atoms with Crippen molar-refractivity contribution >= 4 is 11.9 Å². The summed E-state index contributed by atoms with van der Waals surface area (Å²) in [6.07, 6.45) is 2.35. The summed E-state index contributed by atoms with van der Waals surface area (Å²) >= 11 is 0. The van der Waals surface area contributed by atoms with Crippen LogP contribution in [0, 0.1) is 5.92 Å². The molecule has 0 saturated heterocycles. The minimum absolute atomic E-state index is 0.392. The molecule has 0 aromatic heterocycles. The first-order chi connectivity index (χ1) is 8.59. The highest BCUT2D eigenvalue weighted by molar-refractivity contribution is 5.89. The topological polar surface area (TPSA) is 74.6 Å². The van der Waals surface area contributed by atoms with Crippen molar-refractivity contribution in [2.24, 2.45) is 5.92 Å². The van der Waals surface area contributed by atoms with Crippen molar-refractivity contribution in [2.75, 3.05) is 0 Å². The fourth-order valence-electron chi connectivity index (χ4n) is 2.97. The molecule has 0 heterocycles. The van der Waals surface area contributed by atoms with E-state index in [9.17, 15) is 19.8 Å². The van der Waals surface area contributed by atoms with E-state index >= 15 is 0 Å². The van der Waals surface area contributed by atoms with Crippen LogP contribution in [-0.4, -0.2) is 22.2 Å². The van der Waals surface area contributed by atoms with Crippen molar-refractivity contribution in [1.82, 2.24) is 0 Å². The second kappa shape index (κ2) is 4.80. The van der Waals surface area contributed by atoms with E-state index in [1.165, 1.54) is 0 Å². The molecule has 1 aromatic rings. The predicted molar refractivity (Wildman–Crippen MR) is 65.3 cm³/mol. The highest BCUT2D eigenvalue weighted by Gasteiger charge is 2.51.